The number of hydrogen-bond donors (Lipinski definition) is 0. The van der Waals surface area contributed by atoms with Crippen LogP contribution < -0.4 is 5.73 Å². The van der Waals surface area contributed by atoms with E-state index in [0.717, 1.165) is 11.5 Å². The molecule has 0 aliphatic carbocycles. The molecule has 1 rings (SSSR count). The Morgan fingerprint density at radius 2 is 2.67 bits per heavy atom. The van der Waals surface area contributed by atoms with Gasteiger partial charge < -0.3 is 0 Å². The summed E-state index contributed by atoms with van der Waals surface area (Å²) < 4.78 is 3.50. The van der Waals surface area contributed by atoms with Crippen LogP contribution in [0.4, 0.5) is 5.13 Å². The van der Waals surface area contributed by atoms with E-state index in [1.54, 1.807) is 0 Å². The molecule has 0 atom stereocenters. The van der Waals surface area contributed by atoms with E-state index in [4.69, 9.17) is 5.73 Å². The lowest BCUT2D eigenvalue weighted by molar-refractivity contribution is 1.29. The maximum Gasteiger partial charge on any atom is 0.249 e. The molecule has 30 valence electrons. The van der Waals surface area contributed by atoms with E-state index in [-0.39, 0.29) is 5.13 Å². The molecule has 1 aromatic rings. The largest absolute Gasteiger partial charge is 0.249 e. The van der Waals surface area contributed by atoms with Crippen molar-refractivity contribution in [1.29, 1.82) is 0 Å². The summed E-state index contributed by atoms with van der Waals surface area (Å²) in [5.41, 5.74) is 8.32. The Hall–Kier alpha value is -0.640. The molecule has 0 aromatic carbocycles. The van der Waals surface area contributed by atoms with Gasteiger partial charge in [-0.05, 0) is 0 Å². The van der Waals surface area contributed by atoms with Gasteiger partial charge in [-0.2, -0.15) is 4.37 Å². The Morgan fingerprint density at radius 1 is 1.83 bits per heavy atom. The molecule has 1 aromatic heterocycles. The standard InChI is InChI=1S/C2HN3S/c3-2-4-1-5-6-2/h1H. The van der Waals surface area contributed by atoms with Gasteiger partial charge in [-0.25, -0.2) is 4.98 Å². The van der Waals surface area contributed by atoms with Crippen LogP contribution >= 0.6 is 11.5 Å². The molecule has 0 N–H and O–H groups in total. The number of aromatic nitrogens is 2. The molecule has 0 unspecified atom stereocenters. The Balaban J connectivity index is 3.05. The van der Waals surface area contributed by atoms with Crippen LogP contribution in [0.15, 0.2) is 6.33 Å². The van der Waals surface area contributed by atoms with Crippen molar-refractivity contribution in [1.82, 2.24) is 15.1 Å². The first-order valence-electron chi connectivity index (χ1n) is 1.35. The van der Waals surface area contributed by atoms with Crippen LogP contribution in [0, 0.1) is 0 Å². The van der Waals surface area contributed by atoms with Crippen LogP contribution in [-0.2, 0) is 0 Å². The normalized spacial score (nSPS) is 8.67. The molecule has 0 bridgehead atoms. The minimum absolute atomic E-state index is 0.0231. The van der Waals surface area contributed by atoms with Crippen molar-refractivity contribution >= 4 is 16.7 Å². The van der Waals surface area contributed by atoms with E-state index < -0.39 is 0 Å². The molecule has 0 saturated heterocycles. The zero-order chi connectivity index (χ0) is 4.41. The predicted octanol–water partition coefficient (Wildman–Crippen LogP) is 0.238. The zero-order valence-electron chi connectivity index (χ0n) is 2.83. The molecule has 0 aliphatic heterocycles. The molecule has 0 amide bonds. The van der Waals surface area contributed by atoms with Crippen molar-refractivity contribution in [2.75, 3.05) is 0 Å². The molecule has 0 fully saturated rings. The van der Waals surface area contributed by atoms with Crippen molar-refractivity contribution < 1.29 is 0 Å². The lowest BCUT2D eigenvalue weighted by Crippen LogP contribution is -1.56. The highest BCUT2D eigenvalue weighted by atomic mass is 32.1. The first kappa shape index (κ1) is 3.55. The van der Waals surface area contributed by atoms with Crippen LogP contribution in [0.25, 0.3) is 0 Å². The molecule has 1 heterocycles. The molecule has 3 nitrogen and oxygen atoms in total. The van der Waals surface area contributed by atoms with Crippen LogP contribution in [-0.4, -0.2) is 9.36 Å². The second-order valence-electron chi connectivity index (χ2n) is 0.724. The molecular formula is C2HN3S. The highest BCUT2D eigenvalue weighted by Gasteiger charge is 1.82. The molecule has 4 heteroatoms. The van der Waals surface area contributed by atoms with Gasteiger partial charge in [0.15, 0.2) is 0 Å². The third-order valence-electron chi connectivity index (χ3n) is 0.350. The Labute approximate surface area is 39.0 Å². The first-order valence-corrected chi connectivity index (χ1v) is 2.12. The fraction of sp³-hybridized carbons (Fsp3) is 0. The highest BCUT2D eigenvalue weighted by Crippen LogP contribution is 1.99. The van der Waals surface area contributed by atoms with Crippen molar-refractivity contribution in [3.63, 3.8) is 0 Å². The molecule has 0 aliphatic rings. The summed E-state index contributed by atoms with van der Waals surface area (Å²) in [6, 6.07) is 0. The Morgan fingerprint density at radius 3 is 2.83 bits per heavy atom. The van der Waals surface area contributed by atoms with Gasteiger partial charge in [0.25, 0.3) is 0 Å². The summed E-state index contributed by atoms with van der Waals surface area (Å²) in [5.74, 6) is 0. The first-order chi connectivity index (χ1) is 2.89. The lowest BCUT2D eigenvalue weighted by atomic mass is 11.2. The van der Waals surface area contributed by atoms with Gasteiger partial charge in [-0.3, -0.25) is 0 Å². The third-order valence-corrected chi connectivity index (χ3v) is 0.818. The van der Waals surface area contributed by atoms with Gasteiger partial charge >= 0.3 is 0 Å². The lowest BCUT2D eigenvalue weighted by Gasteiger charge is -1.57. The van der Waals surface area contributed by atoms with E-state index in [1.807, 2.05) is 0 Å². The van der Waals surface area contributed by atoms with Crippen LogP contribution in [0.1, 0.15) is 0 Å². The molecule has 0 spiro atoms. The van der Waals surface area contributed by atoms with E-state index in [2.05, 4.69) is 9.36 Å². The van der Waals surface area contributed by atoms with Gasteiger partial charge in [-0.15, -0.1) is 5.73 Å². The second kappa shape index (κ2) is 1.22. The predicted molar refractivity (Wildman–Crippen MR) is 21.7 cm³/mol. The van der Waals surface area contributed by atoms with E-state index >= 15 is 0 Å². The molecular weight excluding hydrogens is 98.1 g/mol. The quantitative estimate of drug-likeness (QED) is 0.467. The fourth-order valence-electron chi connectivity index (χ4n) is 0.167. The maximum absolute atomic E-state index is 8.32. The van der Waals surface area contributed by atoms with Crippen LogP contribution in [0.2, 0.25) is 0 Å². The summed E-state index contributed by atoms with van der Waals surface area (Å²) in [4.78, 5) is 3.38. The molecule has 2 radical (unpaired) electrons. The third kappa shape index (κ3) is 0.463. The highest BCUT2D eigenvalue weighted by molar-refractivity contribution is 7.09. The number of hydrogen-bond acceptors (Lipinski definition) is 3. The maximum atomic E-state index is 8.32. The van der Waals surface area contributed by atoms with Gasteiger partial charge in [0.05, 0.1) is 0 Å². The van der Waals surface area contributed by atoms with E-state index in [9.17, 15) is 0 Å². The monoisotopic (exact) mass is 99.0 g/mol. The molecule has 0 saturated carbocycles. The average Bonchev–Trinajstić information content (AvgIpc) is 1.86. The van der Waals surface area contributed by atoms with Crippen molar-refractivity contribution in [2.24, 2.45) is 0 Å². The fourth-order valence-corrected chi connectivity index (χ4v) is 0.450. The number of rotatable bonds is 0. The summed E-state index contributed by atoms with van der Waals surface area (Å²) in [6.45, 7) is 0. The SMILES string of the molecule is [N]c1ncns1. The number of nitrogens with zero attached hydrogens (tertiary/aromatic N) is 3. The summed E-state index contributed by atoms with van der Waals surface area (Å²) in [5, 5.41) is 0.0231. The Kier molecular flexibility index (Phi) is 0.719. The van der Waals surface area contributed by atoms with Gasteiger partial charge in [0.1, 0.15) is 6.33 Å². The molecule has 6 heavy (non-hydrogen) atoms. The summed E-state index contributed by atoms with van der Waals surface area (Å²) >= 11 is 0.972. The smallest absolute Gasteiger partial charge is 0.204 e. The van der Waals surface area contributed by atoms with Crippen LogP contribution in [0.5, 0.6) is 0 Å². The van der Waals surface area contributed by atoms with Gasteiger partial charge in [0, 0.05) is 11.5 Å². The van der Waals surface area contributed by atoms with Crippen molar-refractivity contribution in [2.45, 2.75) is 0 Å². The van der Waals surface area contributed by atoms with Crippen molar-refractivity contribution in [3.8, 4) is 0 Å². The van der Waals surface area contributed by atoms with Gasteiger partial charge in [-0.1, -0.05) is 0 Å². The topological polar surface area (TPSA) is 48.1 Å². The van der Waals surface area contributed by atoms with E-state index in [1.165, 1.54) is 6.33 Å². The van der Waals surface area contributed by atoms with Gasteiger partial charge in [0.2, 0.25) is 5.13 Å². The summed E-state index contributed by atoms with van der Waals surface area (Å²) in [7, 11) is 0. The minimum Gasteiger partial charge on any atom is -0.204 e. The Bertz CT molecular complexity index is 112. The van der Waals surface area contributed by atoms with Crippen LogP contribution in [0.3, 0.4) is 0 Å². The summed E-state index contributed by atoms with van der Waals surface area (Å²) in [6.07, 6.45) is 1.31. The zero-order valence-corrected chi connectivity index (χ0v) is 3.64. The van der Waals surface area contributed by atoms with Crippen molar-refractivity contribution in [3.05, 3.63) is 6.33 Å². The average molecular weight is 99.1 g/mol. The minimum atomic E-state index is 0.0231. The second-order valence-corrected chi connectivity index (χ2v) is 1.48. The van der Waals surface area contributed by atoms with E-state index in [0.29, 0.717) is 0 Å².